The molecule has 1 unspecified atom stereocenters. The van der Waals surface area contributed by atoms with E-state index in [-0.39, 0.29) is 0 Å². The highest BCUT2D eigenvalue weighted by Gasteiger charge is 2.35. The summed E-state index contributed by atoms with van der Waals surface area (Å²) >= 11 is 0. The van der Waals surface area contributed by atoms with Gasteiger partial charge in [0.2, 0.25) is 0 Å². The number of carbonyl (C=O) groups excluding carboxylic acids is 1. The van der Waals surface area contributed by atoms with Crippen molar-refractivity contribution in [2.45, 2.75) is 12.8 Å². The predicted molar refractivity (Wildman–Crippen MR) is 50.0 cm³/mol. The molecule has 2 amide bonds. The molecule has 0 aromatic carbocycles. The van der Waals surface area contributed by atoms with Crippen molar-refractivity contribution in [3.63, 3.8) is 0 Å². The maximum atomic E-state index is 10.8. The second-order valence-corrected chi connectivity index (χ2v) is 2.96. The third-order valence-corrected chi connectivity index (χ3v) is 1.96. The van der Waals surface area contributed by atoms with Gasteiger partial charge in [0.05, 0.1) is 6.92 Å². The van der Waals surface area contributed by atoms with Gasteiger partial charge in [0.1, 0.15) is 0 Å². The summed E-state index contributed by atoms with van der Waals surface area (Å²) < 4.78 is 6.89. The number of hydrogen-bond acceptors (Lipinski definition) is 2. The Hall–Kier alpha value is -1.62. The van der Waals surface area contributed by atoms with Crippen LogP contribution in [0, 0.1) is 0 Å². The number of primary amides is 1. The van der Waals surface area contributed by atoms with Crippen LogP contribution in [-0.4, -0.2) is 13.1 Å². The summed E-state index contributed by atoms with van der Waals surface area (Å²) in [6, 6.07) is 4.90. The number of hydrogen-bond donors (Lipinski definition) is 2. The van der Waals surface area contributed by atoms with E-state index in [9.17, 15) is 4.79 Å². The van der Waals surface area contributed by atoms with E-state index in [4.69, 9.17) is 10.5 Å². The number of urea groups is 1. The van der Waals surface area contributed by atoms with Crippen molar-refractivity contribution in [1.82, 2.24) is 5.32 Å². The van der Waals surface area contributed by atoms with Crippen LogP contribution in [0.4, 0.5) is 4.79 Å². The first-order valence-electron chi connectivity index (χ1n) is 4.18. The molecular formula is C9H14N3O2+. The van der Waals surface area contributed by atoms with Crippen molar-refractivity contribution >= 4 is 6.03 Å². The standard InChI is InChI=1S/C9H13N3O2/c1-9(14-2,11-8(10)13)12-6-4-3-5-7-12/h3-7H,1-2H3,(H2-,10,11,13)/p+1. The molecule has 5 nitrogen and oxygen atoms in total. The summed E-state index contributed by atoms with van der Waals surface area (Å²) in [7, 11) is 1.50. The molecule has 0 aliphatic rings. The second kappa shape index (κ2) is 4.06. The number of amides is 2. The number of carbonyl (C=O) groups is 1. The Bertz CT molecular complexity index is 315. The fraction of sp³-hybridized carbons (Fsp3) is 0.333. The minimum Gasteiger partial charge on any atom is -0.351 e. The molecule has 0 aliphatic carbocycles. The molecule has 76 valence electrons. The van der Waals surface area contributed by atoms with E-state index >= 15 is 0 Å². The largest absolute Gasteiger partial charge is 0.355 e. The van der Waals surface area contributed by atoms with Crippen LogP contribution in [0.1, 0.15) is 6.92 Å². The van der Waals surface area contributed by atoms with Gasteiger partial charge in [-0.05, 0) is 0 Å². The maximum absolute atomic E-state index is 10.8. The first-order chi connectivity index (χ1) is 6.58. The summed E-state index contributed by atoms with van der Waals surface area (Å²) in [4.78, 5) is 10.8. The molecule has 0 saturated heterocycles. The highest BCUT2D eigenvalue weighted by Crippen LogP contribution is 2.02. The first kappa shape index (κ1) is 10.5. The topological polar surface area (TPSA) is 68.2 Å². The van der Waals surface area contributed by atoms with E-state index in [1.54, 1.807) is 23.9 Å². The molecule has 14 heavy (non-hydrogen) atoms. The van der Waals surface area contributed by atoms with Gasteiger partial charge in [-0.25, -0.2) is 4.79 Å². The number of pyridine rings is 1. The summed E-state index contributed by atoms with van der Waals surface area (Å²) in [6.07, 6.45) is 3.55. The number of nitrogens with one attached hydrogen (secondary N) is 1. The van der Waals surface area contributed by atoms with Crippen LogP contribution in [0.2, 0.25) is 0 Å². The number of methoxy groups -OCH3 is 1. The number of aromatic nitrogens is 1. The lowest BCUT2D eigenvalue weighted by atomic mass is 10.4. The molecule has 0 radical (unpaired) electrons. The van der Waals surface area contributed by atoms with Gasteiger partial charge in [-0.1, -0.05) is 6.07 Å². The molecule has 0 bridgehead atoms. The zero-order valence-corrected chi connectivity index (χ0v) is 8.23. The van der Waals surface area contributed by atoms with Crippen molar-refractivity contribution in [2.24, 2.45) is 5.73 Å². The van der Waals surface area contributed by atoms with E-state index in [1.807, 2.05) is 18.2 Å². The van der Waals surface area contributed by atoms with Gasteiger partial charge < -0.3 is 10.5 Å². The molecule has 1 heterocycles. The molecule has 0 fully saturated rings. The third kappa shape index (κ3) is 2.20. The van der Waals surface area contributed by atoms with E-state index < -0.39 is 11.9 Å². The lowest BCUT2D eigenvalue weighted by Crippen LogP contribution is -2.66. The average molecular weight is 196 g/mol. The van der Waals surface area contributed by atoms with Gasteiger partial charge in [-0.3, -0.25) is 5.32 Å². The fourth-order valence-corrected chi connectivity index (χ4v) is 1.13. The normalized spacial score (nSPS) is 14.4. The summed E-state index contributed by atoms with van der Waals surface area (Å²) in [5.41, 5.74) is 5.05. The van der Waals surface area contributed by atoms with Crippen molar-refractivity contribution in [2.75, 3.05) is 7.11 Å². The first-order valence-corrected chi connectivity index (χ1v) is 4.18. The van der Waals surface area contributed by atoms with Gasteiger partial charge in [0.25, 0.3) is 0 Å². The Labute approximate surface area is 82.5 Å². The van der Waals surface area contributed by atoms with Crippen LogP contribution in [-0.2, 0) is 10.6 Å². The minimum atomic E-state index is -0.951. The monoisotopic (exact) mass is 196 g/mol. The van der Waals surface area contributed by atoms with E-state index in [0.717, 1.165) is 0 Å². The van der Waals surface area contributed by atoms with Gasteiger partial charge in [-0.2, -0.15) is 4.57 Å². The fourth-order valence-electron chi connectivity index (χ4n) is 1.13. The van der Waals surface area contributed by atoms with Crippen LogP contribution in [0.25, 0.3) is 0 Å². The van der Waals surface area contributed by atoms with Gasteiger partial charge >= 0.3 is 11.9 Å². The van der Waals surface area contributed by atoms with Crippen LogP contribution in [0.3, 0.4) is 0 Å². The van der Waals surface area contributed by atoms with Gasteiger partial charge in [-0.15, -0.1) is 0 Å². The number of rotatable bonds is 3. The Morgan fingerprint density at radius 2 is 2.00 bits per heavy atom. The SMILES string of the molecule is COC(C)(NC(N)=O)[n+]1ccccc1. The third-order valence-electron chi connectivity index (χ3n) is 1.96. The molecule has 5 heteroatoms. The maximum Gasteiger partial charge on any atom is 0.355 e. The zero-order chi connectivity index (χ0) is 10.6. The predicted octanol–water partition coefficient (Wildman–Crippen LogP) is -0.0810. The van der Waals surface area contributed by atoms with Crippen LogP contribution in [0.5, 0.6) is 0 Å². The number of nitrogens with two attached hydrogens (primary N) is 1. The highest BCUT2D eigenvalue weighted by molar-refractivity contribution is 5.71. The molecule has 0 aliphatic heterocycles. The van der Waals surface area contributed by atoms with Crippen molar-refractivity contribution in [3.05, 3.63) is 30.6 Å². The van der Waals surface area contributed by atoms with Crippen molar-refractivity contribution < 1.29 is 14.1 Å². The summed E-state index contributed by atoms with van der Waals surface area (Å²) in [6.45, 7) is 1.71. The van der Waals surface area contributed by atoms with Crippen LogP contribution < -0.4 is 15.6 Å². The molecule has 1 aromatic rings. The second-order valence-electron chi connectivity index (χ2n) is 2.96. The van der Waals surface area contributed by atoms with Crippen LogP contribution >= 0.6 is 0 Å². The molecule has 0 spiro atoms. The minimum absolute atomic E-state index is 0.634. The van der Waals surface area contributed by atoms with Gasteiger partial charge in [0, 0.05) is 19.2 Å². The highest BCUT2D eigenvalue weighted by atomic mass is 16.5. The van der Waals surface area contributed by atoms with Crippen molar-refractivity contribution in [3.8, 4) is 0 Å². The molecule has 1 rings (SSSR count). The molecule has 0 saturated carbocycles. The molecular weight excluding hydrogens is 182 g/mol. The quantitative estimate of drug-likeness (QED) is 0.524. The lowest BCUT2D eigenvalue weighted by molar-refractivity contribution is -0.809. The number of ether oxygens (including phenoxy) is 1. The Kier molecular flexibility index (Phi) is 3.03. The lowest BCUT2D eigenvalue weighted by Gasteiger charge is -2.21. The Balaban J connectivity index is 2.95. The van der Waals surface area contributed by atoms with E-state index in [2.05, 4.69) is 5.32 Å². The number of nitrogens with zero attached hydrogens (tertiary/aromatic N) is 1. The Morgan fingerprint density at radius 1 is 1.43 bits per heavy atom. The average Bonchev–Trinajstić information content (AvgIpc) is 2.18. The summed E-state index contributed by atoms with van der Waals surface area (Å²) in [5, 5.41) is 2.50. The van der Waals surface area contributed by atoms with Crippen LogP contribution in [0.15, 0.2) is 30.6 Å². The summed E-state index contributed by atoms with van der Waals surface area (Å²) in [5.74, 6) is -0.951. The molecule has 1 atom stereocenters. The molecule has 1 aromatic heterocycles. The zero-order valence-electron chi connectivity index (χ0n) is 8.23. The molecule has 3 N–H and O–H groups in total. The Morgan fingerprint density at radius 3 is 2.43 bits per heavy atom. The van der Waals surface area contributed by atoms with Gasteiger partial charge in [0.15, 0.2) is 12.4 Å². The smallest absolute Gasteiger partial charge is 0.351 e. The van der Waals surface area contributed by atoms with Crippen molar-refractivity contribution in [1.29, 1.82) is 0 Å². The van der Waals surface area contributed by atoms with E-state index in [1.165, 1.54) is 7.11 Å². The van der Waals surface area contributed by atoms with E-state index in [0.29, 0.717) is 0 Å².